The van der Waals surface area contributed by atoms with Crippen molar-refractivity contribution in [3.05, 3.63) is 54.1 Å². The zero-order valence-corrected chi connectivity index (χ0v) is 14.0. The molecule has 2 N–H and O–H groups in total. The predicted octanol–water partition coefficient (Wildman–Crippen LogP) is 3.64. The van der Waals surface area contributed by atoms with Gasteiger partial charge >= 0.3 is 0 Å². The topological polar surface area (TPSA) is 36.5 Å². The van der Waals surface area contributed by atoms with Crippen molar-refractivity contribution in [1.82, 2.24) is 0 Å². The molecule has 0 aromatic heterocycles. The highest BCUT2D eigenvalue weighted by molar-refractivity contribution is 7.80. The number of nitrogens with zero attached hydrogens (tertiary/aromatic N) is 1. The monoisotopic (exact) mass is 327 g/mol. The van der Waals surface area contributed by atoms with Gasteiger partial charge in [0.25, 0.3) is 0 Å². The minimum Gasteiger partial charge on any atom is -0.378 e. The zero-order chi connectivity index (χ0) is 16.1. The van der Waals surface area contributed by atoms with E-state index in [4.69, 9.17) is 17.0 Å². The van der Waals surface area contributed by atoms with Crippen molar-refractivity contribution in [1.29, 1.82) is 0 Å². The van der Waals surface area contributed by atoms with Gasteiger partial charge < -0.3 is 20.3 Å². The lowest BCUT2D eigenvalue weighted by molar-refractivity contribution is 0.123. The summed E-state index contributed by atoms with van der Waals surface area (Å²) in [4.78, 5) is 2.32. The van der Waals surface area contributed by atoms with Crippen LogP contribution in [0.1, 0.15) is 5.56 Å². The van der Waals surface area contributed by atoms with Gasteiger partial charge in [0.1, 0.15) is 0 Å². The van der Waals surface area contributed by atoms with Gasteiger partial charge in [0.05, 0.1) is 24.6 Å². The van der Waals surface area contributed by atoms with E-state index in [2.05, 4.69) is 40.7 Å². The Morgan fingerprint density at radius 1 is 0.957 bits per heavy atom. The van der Waals surface area contributed by atoms with E-state index in [1.54, 1.807) is 0 Å². The molecule has 0 unspecified atom stereocenters. The highest BCUT2D eigenvalue weighted by atomic mass is 32.1. The molecule has 2 aromatic carbocycles. The van der Waals surface area contributed by atoms with Gasteiger partial charge in [0, 0.05) is 18.8 Å². The second kappa shape index (κ2) is 7.44. The molecule has 0 aliphatic carbocycles. The molecule has 2 aromatic rings. The summed E-state index contributed by atoms with van der Waals surface area (Å²) >= 11 is 5.47. The lowest BCUT2D eigenvalue weighted by Crippen LogP contribution is -2.36. The molecule has 1 heterocycles. The smallest absolute Gasteiger partial charge is 0.175 e. The fourth-order valence-corrected chi connectivity index (χ4v) is 2.87. The third-order valence-corrected chi connectivity index (χ3v) is 4.10. The molecule has 0 radical (unpaired) electrons. The Bertz CT molecular complexity index is 683. The van der Waals surface area contributed by atoms with Gasteiger partial charge in [-0.25, -0.2) is 0 Å². The summed E-state index contributed by atoms with van der Waals surface area (Å²) in [6, 6.07) is 16.3. The summed E-state index contributed by atoms with van der Waals surface area (Å²) in [7, 11) is 0. The summed E-state index contributed by atoms with van der Waals surface area (Å²) in [6.07, 6.45) is 0. The minimum atomic E-state index is 0.597. The van der Waals surface area contributed by atoms with Crippen LogP contribution in [0.3, 0.4) is 0 Å². The van der Waals surface area contributed by atoms with Crippen molar-refractivity contribution < 1.29 is 4.74 Å². The fraction of sp³-hybridized carbons (Fsp3) is 0.278. The number of ether oxygens (including phenoxy) is 1. The quantitative estimate of drug-likeness (QED) is 0.842. The average molecular weight is 327 g/mol. The maximum atomic E-state index is 5.47. The number of aryl methyl sites for hydroxylation is 1. The van der Waals surface area contributed by atoms with E-state index >= 15 is 0 Å². The molecule has 3 rings (SSSR count). The van der Waals surface area contributed by atoms with E-state index in [-0.39, 0.29) is 0 Å². The van der Waals surface area contributed by atoms with Crippen LogP contribution in [0.25, 0.3) is 0 Å². The van der Waals surface area contributed by atoms with Crippen LogP contribution in [-0.4, -0.2) is 31.4 Å². The number of morpholine rings is 1. The molecule has 23 heavy (non-hydrogen) atoms. The number of para-hydroxylation sites is 3. The normalized spacial score (nSPS) is 14.4. The Hall–Kier alpha value is -2.11. The number of benzene rings is 2. The summed E-state index contributed by atoms with van der Waals surface area (Å²) in [5.41, 5.74) is 4.36. The molecule has 120 valence electrons. The molecule has 4 nitrogen and oxygen atoms in total. The van der Waals surface area contributed by atoms with Crippen molar-refractivity contribution in [2.75, 3.05) is 41.8 Å². The molecular formula is C18H21N3OS. The first-order chi connectivity index (χ1) is 11.2. The lowest BCUT2D eigenvalue weighted by Gasteiger charge is -2.30. The van der Waals surface area contributed by atoms with Gasteiger partial charge in [0.15, 0.2) is 5.11 Å². The van der Waals surface area contributed by atoms with Crippen molar-refractivity contribution >= 4 is 34.4 Å². The summed E-state index contributed by atoms with van der Waals surface area (Å²) in [5, 5.41) is 7.18. The van der Waals surface area contributed by atoms with E-state index in [0.717, 1.165) is 48.9 Å². The van der Waals surface area contributed by atoms with Gasteiger partial charge in [-0.15, -0.1) is 0 Å². The molecule has 1 saturated heterocycles. The lowest BCUT2D eigenvalue weighted by atomic mass is 10.2. The second-order valence-corrected chi connectivity index (χ2v) is 5.92. The number of anilines is 3. The summed E-state index contributed by atoms with van der Waals surface area (Å²) in [5.74, 6) is 0. The van der Waals surface area contributed by atoms with Crippen LogP contribution in [0, 0.1) is 6.92 Å². The molecule has 0 saturated carbocycles. The fourth-order valence-electron chi connectivity index (χ4n) is 2.65. The highest BCUT2D eigenvalue weighted by Crippen LogP contribution is 2.26. The Morgan fingerprint density at radius 2 is 1.57 bits per heavy atom. The number of thiocarbonyl (C=S) groups is 1. The van der Waals surface area contributed by atoms with E-state index in [9.17, 15) is 0 Å². The van der Waals surface area contributed by atoms with Gasteiger partial charge in [-0.2, -0.15) is 0 Å². The molecule has 1 aliphatic rings. The van der Waals surface area contributed by atoms with Crippen molar-refractivity contribution in [2.45, 2.75) is 6.92 Å². The molecule has 1 aliphatic heterocycles. The molecule has 0 spiro atoms. The highest BCUT2D eigenvalue weighted by Gasteiger charge is 2.15. The summed E-state index contributed by atoms with van der Waals surface area (Å²) < 4.78 is 5.43. The van der Waals surface area contributed by atoms with Crippen LogP contribution in [0.4, 0.5) is 17.1 Å². The zero-order valence-electron chi connectivity index (χ0n) is 13.2. The SMILES string of the molecule is Cc1ccccc1NC(=S)Nc1ccccc1N1CCOCC1. The Balaban J connectivity index is 1.72. The maximum Gasteiger partial charge on any atom is 0.175 e. The molecule has 5 heteroatoms. The van der Waals surface area contributed by atoms with E-state index in [1.165, 1.54) is 0 Å². The molecular weight excluding hydrogens is 306 g/mol. The Kier molecular flexibility index (Phi) is 5.10. The third kappa shape index (κ3) is 4.00. The maximum absolute atomic E-state index is 5.47. The first kappa shape index (κ1) is 15.8. The average Bonchev–Trinajstić information content (AvgIpc) is 2.58. The Morgan fingerprint density at radius 3 is 2.30 bits per heavy atom. The van der Waals surface area contributed by atoms with Crippen LogP contribution in [0.15, 0.2) is 48.5 Å². The van der Waals surface area contributed by atoms with E-state index < -0.39 is 0 Å². The van der Waals surface area contributed by atoms with Crippen molar-refractivity contribution in [3.63, 3.8) is 0 Å². The largest absolute Gasteiger partial charge is 0.378 e. The van der Waals surface area contributed by atoms with Gasteiger partial charge in [0.2, 0.25) is 0 Å². The first-order valence-electron chi connectivity index (χ1n) is 7.79. The number of nitrogens with one attached hydrogen (secondary N) is 2. The van der Waals surface area contributed by atoms with Crippen LogP contribution in [0.5, 0.6) is 0 Å². The van der Waals surface area contributed by atoms with Gasteiger partial charge in [-0.1, -0.05) is 30.3 Å². The predicted molar refractivity (Wildman–Crippen MR) is 100 cm³/mol. The second-order valence-electron chi connectivity index (χ2n) is 5.51. The van der Waals surface area contributed by atoms with Crippen LogP contribution < -0.4 is 15.5 Å². The molecule has 0 amide bonds. The first-order valence-corrected chi connectivity index (χ1v) is 8.20. The number of hydrogen-bond donors (Lipinski definition) is 2. The third-order valence-electron chi connectivity index (χ3n) is 3.90. The number of hydrogen-bond acceptors (Lipinski definition) is 3. The van der Waals surface area contributed by atoms with E-state index in [1.807, 2.05) is 30.3 Å². The van der Waals surface area contributed by atoms with Crippen LogP contribution >= 0.6 is 12.2 Å². The molecule has 0 atom stereocenters. The van der Waals surface area contributed by atoms with Crippen molar-refractivity contribution in [2.24, 2.45) is 0 Å². The van der Waals surface area contributed by atoms with Crippen LogP contribution in [-0.2, 0) is 4.74 Å². The molecule has 1 fully saturated rings. The van der Waals surface area contributed by atoms with Crippen LogP contribution in [0.2, 0.25) is 0 Å². The molecule has 0 bridgehead atoms. The number of rotatable bonds is 3. The standard InChI is InChI=1S/C18H21N3OS/c1-14-6-2-3-7-15(14)19-18(23)20-16-8-4-5-9-17(16)21-10-12-22-13-11-21/h2-9H,10-13H2,1H3,(H2,19,20,23). The Labute approximate surface area is 142 Å². The van der Waals surface area contributed by atoms with Gasteiger partial charge in [-0.05, 0) is 42.9 Å². The van der Waals surface area contributed by atoms with Gasteiger partial charge in [-0.3, -0.25) is 0 Å². The van der Waals surface area contributed by atoms with E-state index in [0.29, 0.717) is 5.11 Å². The van der Waals surface area contributed by atoms with Crippen molar-refractivity contribution in [3.8, 4) is 0 Å². The summed E-state index contributed by atoms with van der Waals surface area (Å²) in [6.45, 7) is 5.39. The minimum absolute atomic E-state index is 0.597.